The summed E-state index contributed by atoms with van der Waals surface area (Å²) in [6, 6.07) is 13.2. The van der Waals surface area contributed by atoms with E-state index in [2.05, 4.69) is 10.6 Å². The number of anilines is 3. The third kappa shape index (κ3) is 4.04. The van der Waals surface area contributed by atoms with Gasteiger partial charge in [-0.2, -0.15) is 0 Å². The molecule has 1 heterocycles. The molecule has 2 amide bonds. The fourth-order valence-corrected chi connectivity index (χ4v) is 3.17. The van der Waals surface area contributed by atoms with Crippen LogP contribution < -0.4 is 15.5 Å². The van der Waals surface area contributed by atoms with Gasteiger partial charge in [0.15, 0.2) is 0 Å². The van der Waals surface area contributed by atoms with Crippen LogP contribution in [0.5, 0.6) is 0 Å². The summed E-state index contributed by atoms with van der Waals surface area (Å²) in [7, 11) is 0. The van der Waals surface area contributed by atoms with Gasteiger partial charge in [0, 0.05) is 30.0 Å². The maximum Gasteiger partial charge on any atom is 0.246 e. The summed E-state index contributed by atoms with van der Waals surface area (Å²) in [5.41, 5.74) is 4.81. The molecule has 0 aromatic heterocycles. The SMILES string of the molecule is Cc1ccc(NC(=O)C(C)Nc2ccc(N3CCCC3=O)cc2)c(C)c1. The third-order valence-electron chi connectivity index (χ3n) is 4.67. The van der Waals surface area contributed by atoms with Gasteiger partial charge in [0.1, 0.15) is 6.04 Å². The molecule has 1 atom stereocenters. The molecule has 2 aromatic carbocycles. The van der Waals surface area contributed by atoms with Crippen LogP contribution in [0, 0.1) is 13.8 Å². The molecule has 1 fully saturated rings. The Kier molecular flexibility index (Phi) is 5.26. The van der Waals surface area contributed by atoms with Crippen LogP contribution in [0.25, 0.3) is 0 Å². The van der Waals surface area contributed by atoms with Gasteiger partial charge in [0.05, 0.1) is 0 Å². The number of hydrogen-bond acceptors (Lipinski definition) is 3. The van der Waals surface area contributed by atoms with Crippen molar-refractivity contribution >= 4 is 28.9 Å². The van der Waals surface area contributed by atoms with Gasteiger partial charge in [-0.3, -0.25) is 9.59 Å². The van der Waals surface area contributed by atoms with E-state index in [-0.39, 0.29) is 17.9 Å². The summed E-state index contributed by atoms with van der Waals surface area (Å²) < 4.78 is 0. The number of aryl methyl sites for hydroxylation is 2. The first-order valence-corrected chi connectivity index (χ1v) is 8.99. The molecule has 1 aliphatic rings. The van der Waals surface area contributed by atoms with Crippen LogP contribution >= 0.6 is 0 Å². The van der Waals surface area contributed by atoms with E-state index < -0.39 is 0 Å². The van der Waals surface area contributed by atoms with E-state index in [1.54, 1.807) is 4.90 Å². The van der Waals surface area contributed by atoms with Crippen LogP contribution in [0.4, 0.5) is 17.1 Å². The van der Waals surface area contributed by atoms with Crippen LogP contribution in [0.15, 0.2) is 42.5 Å². The van der Waals surface area contributed by atoms with Crippen LogP contribution in [0.3, 0.4) is 0 Å². The predicted octanol–water partition coefficient (Wildman–Crippen LogP) is 3.87. The molecule has 136 valence electrons. The summed E-state index contributed by atoms with van der Waals surface area (Å²) in [5, 5.41) is 6.17. The Hall–Kier alpha value is -2.82. The molecule has 0 aliphatic carbocycles. The zero-order chi connectivity index (χ0) is 18.7. The van der Waals surface area contributed by atoms with Gasteiger partial charge in [-0.1, -0.05) is 17.7 Å². The Labute approximate surface area is 154 Å². The standard InChI is InChI=1S/C21H25N3O2/c1-14-6-11-19(15(2)13-14)23-21(26)16(3)22-17-7-9-18(10-8-17)24-12-4-5-20(24)25/h6-11,13,16,22H,4-5,12H2,1-3H3,(H,23,26). The number of carbonyl (C=O) groups excluding carboxylic acids is 2. The van der Waals surface area contributed by atoms with Crippen molar-refractivity contribution in [3.63, 3.8) is 0 Å². The molecular formula is C21H25N3O2. The lowest BCUT2D eigenvalue weighted by Crippen LogP contribution is -2.32. The second-order valence-corrected chi connectivity index (χ2v) is 6.87. The second kappa shape index (κ2) is 7.60. The van der Waals surface area contributed by atoms with Gasteiger partial charge in [0.2, 0.25) is 11.8 Å². The lowest BCUT2D eigenvalue weighted by atomic mass is 10.1. The highest BCUT2D eigenvalue weighted by atomic mass is 16.2. The molecule has 1 aliphatic heterocycles. The Balaban J connectivity index is 1.61. The first kappa shape index (κ1) is 18.0. The Morgan fingerprint density at radius 2 is 1.85 bits per heavy atom. The molecule has 2 N–H and O–H groups in total. The van der Waals surface area contributed by atoms with Crippen molar-refractivity contribution in [1.29, 1.82) is 0 Å². The molecule has 1 saturated heterocycles. The fourth-order valence-electron chi connectivity index (χ4n) is 3.17. The molecule has 0 radical (unpaired) electrons. The molecule has 5 nitrogen and oxygen atoms in total. The molecule has 5 heteroatoms. The summed E-state index contributed by atoms with van der Waals surface area (Å²) in [4.78, 5) is 26.1. The molecule has 2 aromatic rings. The number of carbonyl (C=O) groups is 2. The third-order valence-corrected chi connectivity index (χ3v) is 4.67. The minimum absolute atomic E-state index is 0.0873. The van der Waals surface area contributed by atoms with Crippen molar-refractivity contribution < 1.29 is 9.59 Å². The topological polar surface area (TPSA) is 61.4 Å². The van der Waals surface area contributed by atoms with Crippen LogP contribution in [-0.4, -0.2) is 24.4 Å². The minimum Gasteiger partial charge on any atom is -0.374 e. The molecule has 0 saturated carbocycles. The Morgan fingerprint density at radius 1 is 1.12 bits per heavy atom. The number of hydrogen-bond donors (Lipinski definition) is 2. The van der Waals surface area contributed by atoms with Gasteiger partial charge in [-0.25, -0.2) is 0 Å². The maximum absolute atomic E-state index is 12.4. The smallest absolute Gasteiger partial charge is 0.246 e. The maximum atomic E-state index is 12.4. The zero-order valence-corrected chi connectivity index (χ0v) is 15.5. The monoisotopic (exact) mass is 351 g/mol. The van der Waals surface area contributed by atoms with Crippen molar-refractivity contribution in [2.45, 2.75) is 39.7 Å². The number of nitrogens with zero attached hydrogens (tertiary/aromatic N) is 1. The summed E-state index contributed by atoms with van der Waals surface area (Å²) in [5.74, 6) is 0.0858. The highest BCUT2D eigenvalue weighted by Gasteiger charge is 2.21. The summed E-state index contributed by atoms with van der Waals surface area (Å²) in [6.07, 6.45) is 1.53. The van der Waals surface area contributed by atoms with Crippen molar-refractivity contribution in [1.82, 2.24) is 0 Å². The van der Waals surface area contributed by atoms with Gasteiger partial charge >= 0.3 is 0 Å². The van der Waals surface area contributed by atoms with E-state index in [9.17, 15) is 9.59 Å². The van der Waals surface area contributed by atoms with Gasteiger partial charge in [-0.15, -0.1) is 0 Å². The second-order valence-electron chi connectivity index (χ2n) is 6.87. The van der Waals surface area contributed by atoms with Crippen molar-refractivity contribution in [2.75, 3.05) is 22.1 Å². The van der Waals surface area contributed by atoms with Gasteiger partial charge in [-0.05, 0) is 63.1 Å². The molecule has 0 spiro atoms. The highest BCUT2D eigenvalue weighted by Crippen LogP contribution is 2.23. The van der Waals surface area contributed by atoms with Gasteiger partial charge < -0.3 is 15.5 Å². The highest BCUT2D eigenvalue weighted by molar-refractivity contribution is 5.97. The average Bonchev–Trinajstić information content (AvgIpc) is 3.04. The molecular weight excluding hydrogens is 326 g/mol. The van der Waals surface area contributed by atoms with E-state index in [0.717, 1.165) is 35.6 Å². The normalized spacial score (nSPS) is 15.0. The lowest BCUT2D eigenvalue weighted by molar-refractivity contribution is -0.117. The van der Waals surface area contributed by atoms with Gasteiger partial charge in [0.25, 0.3) is 0 Å². The first-order chi connectivity index (χ1) is 12.4. The quantitative estimate of drug-likeness (QED) is 0.860. The summed E-state index contributed by atoms with van der Waals surface area (Å²) >= 11 is 0. The molecule has 26 heavy (non-hydrogen) atoms. The number of amides is 2. The molecule has 0 bridgehead atoms. The average molecular weight is 351 g/mol. The van der Waals surface area contributed by atoms with Crippen molar-refractivity contribution in [2.24, 2.45) is 0 Å². The minimum atomic E-state index is -0.380. The van der Waals surface area contributed by atoms with E-state index in [4.69, 9.17) is 0 Å². The predicted molar refractivity (Wildman–Crippen MR) is 106 cm³/mol. The van der Waals surface area contributed by atoms with Crippen LogP contribution in [-0.2, 0) is 9.59 Å². The van der Waals surface area contributed by atoms with Crippen LogP contribution in [0.2, 0.25) is 0 Å². The van der Waals surface area contributed by atoms with E-state index in [0.29, 0.717) is 6.42 Å². The van der Waals surface area contributed by atoms with Crippen molar-refractivity contribution in [3.05, 3.63) is 53.6 Å². The Morgan fingerprint density at radius 3 is 2.46 bits per heavy atom. The zero-order valence-electron chi connectivity index (χ0n) is 15.5. The van der Waals surface area contributed by atoms with E-state index >= 15 is 0 Å². The Bertz CT molecular complexity index is 815. The number of nitrogens with one attached hydrogen (secondary N) is 2. The number of rotatable bonds is 5. The van der Waals surface area contributed by atoms with Crippen LogP contribution in [0.1, 0.15) is 30.9 Å². The van der Waals surface area contributed by atoms with E-state index in [1.165, 1.54) is 5.56 Å². The largest absolute Gasteiger partial charge is 0.374 e. The molecule has 1 unspecified atom stereocenters. The molecule has 3 rings (SSSR count). The van der Waals surface area contributed by atoms with E-state index in [1.807, 2.05) is 63.2 Å². The fraction of sp³-hybridized carbons (Fsp3) is 0.333. The number of benzene rings is 2. The first-order valence-electron chi connectivity index (χ1n) is 8.99. The lowest BCUT2D eigenvalue weighted by Gasteiger charge is -2.19. The van der Waals surface area contributed by atoms with Crippen molar-refractivity contribution in [3.8, 4) is 0 Å². The summed E-state index contributed by atoms with van der Waals surface area (Å²) in [6.45, 7) is 6.62.